The van der Waals surface area contributed by atoms with Gasteiger partial charge in [0.15, 0.2) is 6.61 Å². The summed E-state index contributed by atoms with van der Waals surface area (Å²) in [4.78, 5) is 52.3. The maximum absolute atomic E-state index is 13.3. The molecule has 3 atom stereocenters. The van der Waals surface area contributed by atoms with Crippen LogP contribution >= 0.6 is 0 Å². The molecule has 1 N–H and O–H groups in total. The number of nitrogens with zero attached hydrogens (tertiary/aromatic N) is 1. The quantitative estimate of drug-likeness (QED) is 0.368. The first-order chi connectivity index (χ1) is 18.4. The molecule has 8 heteroatoms. The number of nitrogens with one attached hydrogen (secondary N) is 1. The predicted molar refractivity (Wildman–Crippen MR) is 141 cm³/mol. The van der Waals surface area contributed by atoms with Crippen LogP contribution in [0.25, 0.3) is 0 Å². The molecule has 3 aromatic carbocycles. The summed E-state index contributed by atoms with van der Waals surface area (Å²) < 4.78 is 10.2. The number of imide groups is 1. The number of methoxy groups -OCH3 is 1. The van der Waals surface area contributed by atoms with Gasteiger partial charge in [0.1, 0.15) is 5.75 Å². The molecule has 1 heterocycles. The highest BCUT2D eigenvalue weighted by atomic mass is 16.5. The van der Waals surface area contributed by atoms with Crippen molar-refractivity contribution in [3.63, 3.8) is 0 Å². The molecule has 3 amide bonds. The normalized spacial score (nSPS) is 20.6. The van der Waals surface area contributed by atoms with Crippen molar-refractivity contribution in [2.45, 2.75) is 25.2 Å². The number of ether oxygens (including phenoxy) is 2. The van der Waals surface area contributed by atoms with Gasteiger partial charge in [-0.1, -0.05) is 36.4 Å². The van der Waals surface area contributed by atoms with Gasteiger partial charge in [-0.3, -0.25) is 19.3 Å². The minimum Gasteiger partial charge on any atom is -0.497 e. The number of carbonyl (C=O) groups excluding carboxylic acids is 4. The lowest BCUT2D eigenvalue weighted by Crippen LogP contribution is -2.30. The van der Waals surface area contributed by atoms with Crippen LogP contribution in [0, 0.1) is 11.8 Å². The summed E-state index contributed by atoms with van der Waals surface area (Å²) in [5.74, 6) is -1.35. The molecule has 38 heavy (non-hydrogen) atoms. The van der Waals surface area contributed by atoms with E-state index < -0.39 is 18.5 Å². The monoisotopic (exact) mass is 512 g/mol. The molecule has 0 bridgehead atoms. The maximum atomic E-state index is 13.3. The van der Waals surface area contributed by atoms with Crippen LogP contribution in [0.5, 0.6) is 5.75 Å². The molecule has 2 aliphatic rings. The van der Waals surface area contributed by atoms with Crippen molar-refractivity contribution in [2.24, 2.45) is 11.8 Å². The summed E-state index contributed by atoms with van der Waals surface area (Å²) in [6, 6.07) is 23.0. The third kappa shape index (κ3) is 5.16. The highest BCUT2D eigenvalue weighted by molar-refractivity contribution is 6.22. The fourth-order valence-corrected chi connectivity index (χ4v) is 5.32. The Labute approximate surface area is 220 Å². The Hall–Kier alpha value is -4.46. The number of hydrogen-bond acceptors (Lipinski definition) is 6. The summed E-state index contributed by atoms with van der Waals surface area (Å²) in [6.45, 7) is -0.465. The zero-order valence-corrected chi connectivity index (χ0v) is 21.0. The number of hydrogen-bond donors (Lipinski definition) is 1. The lowest BCUT2D eigenvalue weighted by Gasteiger charge is -2.28. The molecule has 1 saturated heterocycles. The van der Waals surface area contributed by atoms with E-state index in [0.717, 1.165) is 6.42 Å². The zero-order chi connectivity index (χ0) is 26.6. The van der Waals surface area contributed by atoms with Gasteiger partial charge in [-0.15, -0.1) is 0 Å². The van der Waals surface area contributed by atoms with Gasteiger partial charge in [-0.25, -0.2) is 4.79 Å². The Bertz CT molecular complexity index is 1350. The van der Waals surface area contributed by atoms with Gasteiger partial charge in [0.2, 0.25) is 11.8 Å². The van der Waals surface area contributed by atoms with Crippen molar-refractivity contribution in [1.29, 1.82) is 0 Å². The van der Waals surface area contributed by atoms with E-state index in [0.29, 0.717) is 30.0 Å². The molecule has 5 rings (SSSR count). The minimum atomic E-state index is -0.684. The third-order valence-electron chi connectivity index (χ3n) is 7.25. The summed E-state index contributed by atoms with van der Waals surface area (Å²) >= 11 is 0. The molecule has 8 nitrogen and oxygen atoms in total. The van der Waals surface area contributed by atoms with E-state index in [9.17, 15) is 19.2 Å². The second-order valence-corrected chi connectivity index (χ2v) is 9.55. The first-order valence-electron chi connectivity index (χ1n) is 12.6. The van der Waals surface area contributed by atoms with E-state index in [-0.39, 0.29) is 35.1 Å². The van der Waals surface area contributed by atoms with E-state index in [2.05, 4.69) is 17.4 Å². The number of carbonyl (C=O) groups is 4. The largest absolute Gasteiger partial charge is 0.497 e. The van der Waals surface area contributed by atoms with Gasteiger partial charge in [0.25, 0.3) is 5.91 Å². The molecule has 0 aromatic heterocycles. The molecular formula is C30H28N2O6. The molecule has 3 aromatic rings. The van der Waals surface area contributed by atoms with Gasteiger partial charge in [-0.2, -0.15) is 0 Å². The maximum Gasteiger partial charge on any atom is 0.338 e. The lowest BCUT2D eigenvalue weighted by molar-refractivity contribution is -0.122. The van der Waals surface area contributed by atoms with Crippen LogP contribution < -0.4 is 15.0 Å². The van der Waals surface area contributed by atoms with E-state index in [1.807, 2.05) is 18.2 Å². The van der Waals surface area contributed by atoms with Gasteiger partial charge in [-0.05, 0) is 67.1 Å². The Balaban J connectivity index is 1.19. The average molecular weight is 513 g/mol. The molecule has 194 valence electrons. The van der Waals surface area contributed by atoms with Crippen molar-refractivity contribution in [3.05, 3.63) is 90.0 Å². The van der Waals surface area contributed by atoms with Crippen LogP contribution in [0.15, 0.2) is 78.9 Å². The number of benzene rings is 3. The first kappa shape index (κ1) is 25.2. The molecule has 1 aliphatic carbocycles. The van der Waals surface area contributed by atoms with Crippen LogP contribution in [0.2, 0.25) is 0 Å². The topological polar surface area (TPSA) is 102 Å². The van der Waals surface area contributed by atoms with Crippen molar-refractivity contribution in [3.8, 4) is 5.75 Å². The van der Waals surface area contributed by atoms with Crippen LogP contribution in [0.1, 0.15) is 41.1 Å². The summed E-state index contributed by atoms with van der Waals surface area (Å²) in [6.07, 6.45) is 2.19. The predicted octanol–water partition coefficient (Wildman–Crippen LogP) is 4.56. The highest BCUT2D eigenvalue weighted by Gasteiger charge is 2.50. The fourth-order valence-electron chi connectivity index (χ4n) is 5.32. The van der Waals surface area contributed by atoms with Crippen LogP contribution in [-0.2, 0) is 19.1 Å². The van der Waals surface area contributed by atoms with Crippen molar-refractivity contribution >= 4 is 35.1 Å². The summed E-state index contributed by atoms with van der Waals surface area (Å²) in [7, 11) is 1.53. The number of rotatable bonds is 7. The standard InChI is InChI=1S/C30H28N2O6/c1-37-24-9-5-8-22(17-24)31-27(33)18-38-30(36)20-10-13-23(14-11-20)32-28(34)25-15-12-21(16-26(25)29(32)35)19-6-3-2-4-7-19/h2-11,13-14,17,21,25-26H,12,15-16,18H2,1H3,(H,31,33)/t21-,25+,26+/m0/s1. The second kappa shape index (κ2) is 10.9. The third-order valence-corrected chi connectivity index (χ3v) is 7.25. The van der Waals surface area contributed by atoms with Crippen molar-refractivity contribution in [2.75, 3.05) is 23.9 Å². The molecule has 2 fully saturated rings. The van der Waals surface area contributed by atoms with E-state index >= 15 is 0 Å². The molecule has 1 saturated carbocycles. The van der Waals surface area contributed by atoms with Crippen LogP contribution in [-0.4, -0.2) is 37.4 Å². The van der Waals surface area contributed by atoms with Gasteiger partial charge >= 0.3 is 5.97 Å². The number of esters is 1. The highest BCUT2D eigenvalue weighted by Crippen LogP contribution is 2.45. The Morgan fingerprint density at radius 3 is 2.37 bits per heavy atom. The van der Waals surface area contributed by atoms with Crippen LogP contribution in [0.3, 0.4) is 0 Å². The number of anilines is 2. The second-order valence-electron chi connectivity index (χ2n) is 9.55. The number of fused-ring (bicyclic) bond motifs is 1. The molecule has 0 spiro atoms. The SMILES string of the molecule is COc1cccc(NC(=O)COC(=O)c2ccc(N3C(=O)[C@@H]4CC[C@H](c5ccccc5)C[C@H]4C3=O)cc2)c1. The Kier molecular flexibility index (Phi) is 7.22. The first-order valence-corrected chi connectivity index (χ1v) is 12.6. The van der Waals surface area contributed by atoms with Gasteiger partial charge in [0, 0.05) is 11.8 Å². The van der Waals surface area contributed by atoms with E-state index in [1.54, 1.807) is 36.4 Å². The summed E-state index contributed by atoms with van der Waals surface area (Å²) in [5.41, 5.74) is 2.36. The minimum absolute atomic E-state index is 0.184. The van der Waals surface area contributed by atoms with Gasteiger partial charge in [0.05, 0.1) is 30.2 Å². The van der Waals surface area contributed by atoms with Crippen molar-refractivity contribution < 1.29 is 28.7 Å². The molecular weight excluding hydrogens is 484 g/mol. The van der Waals surface area contributed by atoms with E-state index in [1.165, 1.54) is 29.7 Å². The Morgan fingerprint density at radius 1 is 0.895 bits per heavy atom. The van der Waals surface area contributed by atoms with Gasteiger partial charge < -0.3 is 14.8 Å². The van der Waals surface area contributed by atoms with E-state index in [4.69, 9.17) is 9.47 Å². The molecule has 0 unspecified atom stereocenters. The molecule has 0 radical (unpaired) electrons. The average Bonchev–Trinajstić information content (AvgIpc) is 3.21. The van der Waals surface area contributed by atoms with Crippen molar-refractivity contribution in [1.82, 2.24) is 0 Å². The zero-order valence-electron chi connectivity index (χ0n) is 21.0. The fraction of sp³-hybridized carbons (Fsp3) is 0.267. The number of amides is 3. The lowest BCUT2D eigenvalue weighted by atomic mass is 9.73. The van der Waals surface area contributed by atoms with Crippen LogP contribution in [0.4, 0.5) is 11.4 Å². The Morgan fingerprint density at radius 2 is 1.63 bits per heavy atom. The molecule has 1 aliphatic heterocycles. The smallest absolute Gasteiger partial charge is 0.338 e. The summed E-state index contributed by atoms with van der Waals surface area (Å²) in [5, 5.41) is 2.64.